The fourth-order valence-electron chi connectivity index (χ4n) is 8.68. The SMILES string of the molecule is CC1CC2CCCCC2(C)C2CC(F)C3(C)C(C(C)CO)CCC3C12. The minimum Gasteiger partial charge on any atom is -0.396 e. The fraction of sp³-hybridized carbons (Fsp3) is 1.00. The maximum Gasteiger partial charge on any atom is 0.106 e. The van der Waals surface area contributed by atoms with E-state index in [0.29, 0.717) is 29.1 Å². The predicted molar refractivity (Wildman–Crippen MR) is 101 cm³/mol. The van der Waals surface area contributed by atoms with E-state index in [1.54, 1.807) is 0 Å². The van der Waals surface area contributed by atoms with Gasteiger partial charge in [-0.05, 0) is 85.4 Å². The Morgan fingerprint density at radius 1 is 1.08 bits per heavy atom. The van der Waals surface area contributed by atoms with E-state index >= 15 is 4.39 Å². The zero-order valence-electron chi connectivity index (χ0n) is 16.8. The van der Waals surface area contributed by atoms with Gasteiger partial charge in [0.05, 0.1) is 0 Å². The third-order valence-electron chi connectivity index (χ3n) is 10.0. The maximum atomic E-state index is 15.8. The lowest BCUT2D eigenvalue weighted by atomic mass is 9.42. The van der Waals surface area contributed by atoms with E-state index in [2.05, 4.69) is 27.7 Å². The first-order chi connectivity index (χ1) is 11.8. The van der Waals surface area contributed by atoms with Crippen LogP contribution < -0.4 is 0 Å². The largest absolute Gasteiger partial charge is 0.396 e. The molecule has 0 bridgehead atoms. The van der Waals surface area contributed by atoms with Crippen molar-refractivity contribution in [2.24, 2.45) is 52.3 Å². The van der Waals surface area contributed by atoms with E-state index < -0.39 is 6.17 Å². The van der Waals surface area contributed by atoms with Crippen LogP contribution in [0.2, 0.25) is 0 Å². The molecule has 4 aliphatic rings. The van der Waals surface area contributed by atoms with Crippen molar-refractivity contribution >= 4 is 0 Å². The Kier molecular flexibility index (Phi) is 4.54. The first-order valence-corrected chi connectivity index (χ1v) is 11.1. The molecule has 0 aromatic rings. The third-order valence-corrected chi connectivity index (χ3v) is 10.0. The van der Waals surface area contributed by atoms with Crippen molar-refractivity contribution in [3.05, 3.63) is 0 Å². The molecule has 4 aliphatic carbocycles. The summed E-state index contributed by atoms with van der Waals surface area (Å²) in [6, 6.07) is 0. The highest BCUT2D eigenvalue weighted by Gasteiger charge is 2.65. The van der Waals surface area contributed by atoms with E-state index in [1.807, 2.05) is 0 Å². The van der Waals surface area contributed by atoms with Gasteiger partial charge in [0.2, 0.25) is 0 Å². The van der Waals surface area contributed by atoms with Crippen LogP contribution in [-0.4, -0.2) is 17.9 Å². The van der Waals surface area contributed by atoms with Gasteiger partial charge in [-0.1, -0.05) is 40.5 Å². The Balaban J connectivity index is 1.70. The second-order valence-corrected chi connectivity index (χ2v) is 10.9. The van der Waals surface area contributed by atoms with Crippen molar-refractivity contribution in [1.82, 2.24) is 0 Å². The first kappa shape index (κ1) is 18.3. The summed E-state index contributed by atoms with van der Waals surface area (Å²) in [6.45, 7) is 9.61. The van der Waals surface area contributed by atoms with Crippen molar-refractivity contribution in [1.29, 1.82) is 0 Å². The number of aliphatic hydroxyl groups excluding tert-OH is 1. The summed E-state index contributed by atoms with van der Waals surface area (Å²) in [6.07, 6.45) is 9.27. The zero-order valence-corrected chi connectivity index (χ0v) is 16.8. The van der Waals surface area contributed by atoms with Gasteiger partial charge < -0.3 is 5.11 Å². The number of hydrogen-bond acceptors (Lipinski definition) is 1. The number of fused-ring (bicyclic) bond motifs is 5. The predicted octanol–water partition coefficient (Wildman–Crippen LogP) is 5.86. The molecule has 1 N–H and O–H groups in total. The normalized spacial score (nSPS) is 56.6. The summed E-state index contributed by atoms with van der Waals surface area (Å²) in [7, 11) is 0. The van der Waals surface area contributed by atoms with Crippen molar-refractivity contribution < 1.29 is 9.50 Å². The highest BCUT2D eigenvalue weighted by Crippen LogP contribution is 2.69. The Bertz CT molecular complexity index is 506. The van der Waals surface area contributed by atoms with Crippen LogP contribution in [0.5, 0.6) is 0 Å². The average Bonchev–Trinajstić information content (AvgIpc) is 2.94. The summed E-state index contributed by atoms with van der Waals surface area (Å²) in [5.41, 5.74) is 0.192. The van der Waals surface area contributed by atoms with Crippen LogP contribution >= 0.6 is 0 Å². The summed E-state index contributed by atoms with van der Waals surface area (Å²) in [5, 5.41) is 9.74. The highest BCUT2D eigenvalue weighted by atomic mass is 19.1. The summed E-state index contributed by atoms with van der Waals surface area (Å²) < 4.78 is 15.8. The van der Waals surface area contributed by atoms with Crippen LogP contribution in [0.1, 0.15) is 79.1 Å². The van der Waals surface area contributed by atoms with Gasteiger partial charge in [-0.2, -0.15) is 0 Å². The lowest BCUT2D eigenvalue weighted by Gasteiger charge is -2.63. The van der Waals surface area contributed by atoms with E-state index in [4.69, 9.17) is 0 Å². The molecule has 4 rings (SSSR count). The lowest BCUT2D eigenvalue weighted by Crippen LogP contribution is -2.59. The highest BCUT2D eigenvalue weighted by molar-refractivity contribution is 5.13. The van der Waals surface area contributed by atoms with Crippen LogP contribution in [0.15, 0.2) is 0 Å². The van der Waals surface area contributed by atoms with Crippen LogP contribution in [0.3, 0.4) is 0 Å². The number of aliphatic hydroxyl groups is 1. The Morgan fingerprint density at radius 2 is 1.84 bits per heavy atom. The molecular formula is C23H39FO. The van der Waals surface area contributed by atoms with Gasteiger partial charge in [0.15, 0.2) is 0 Å². The van der Waals surface area contributed by atoms with E-state index in [1.165, 1.54) is 38.5 Å². The molecule has 0 spiro atoms. The van der Waals surface area contributed by atoms with Crippen molar-refractivity contribution in [3.63, 3.8) is 0 Å². The molecule has 4 fully saturated rings. The number of rotatable bonds is 2. The number of alkyl halides is 1. The second-order valence-electron chi connectivity index (χ2n) is 10.9. The van der Waals surface area contributed by atoms with Crippen molar-refractivity contribution in [2.75, 3.05) is 6.61 Å². The first-order valence-electron chi connectivity index (χ1n) is 11.1. The van der Waals surface area contributed by atoms with Gasteiger partial charge in [0, 0.05) is 12.0 Å². The monoisotopic (exact) mass is 350 g/mol. The van der Waals surface area contributed by atoms with Gasteiger partial charge in [-0.3, -0.25) is 0 Å². The molecule has 0 radical (unpaired) electrons. The fourth-order valence-corrected chi connectivity index (χ4v) is 8.68. The molecule has 2 heteroatoms. The minimum absolute atomic E-state index is 0.199. The van der Waals surface area contributed by atoms with Crippen LogP contribution in [-0.2, 0) is 0 Å². The van der Waals surface area contributed by atoms with Crippen molar-refractivity contribution in [2.45, 2.75) is 85.2 Å². The van der Waals surface area contributed by atoms with E-state index in [9.17, 15) is 5.11 Å². The van der Waals surface area contributed by atoms with E-state index in [0.717, 1.165) is 24.7 Å². The molecule has 0 aromatic heterocycles. The smallest absolute Gasteiger partial charge is 0.106 e. The van der Waals surface area contributed by atoms with Crippen LogP contribution in [0.4, 0.5) is 4.39 Å². The van der Waals surface area contributed by atoms with Gasteiger partial charge >= 0.3 is 0 Å². The molecule has 25 heavy (non-hydrogen) atoms. The summed E-state index contributed by atoms with van der Waals surface area (Å²) in [5.74, 6) is 4.04. The molecule has 4 saturated carbocycles. The third kappa shape index (κ3) is 2.41. The molecule has 10 atom stereocenters. The minimum atomic E-state index is -0.676. The lowest BCUT2D eigenvalue weighted by molar-refractivity contribution is -0.166. The Labute approximate surface area is 154 Å². The van der Waals surface area contributed by atoms with Gasteiger partial charge in [-0.15, -0.1) is 0 Å². The molecule has 1 nitrogen and oxygen atoms in total. The molecule has 0 amide bonds. The molecular weight excluding hydrogens is 311 g/mol. The number of hydrogen-bond donors (Lipinski definition) is 1. The van der Waals surface area contributed by atoms with Gasteiger partial charge in [0.25, 0.3) is 0 Å². The summed E-state index contributed by atoms with van der Waals surface area (Å²) in [4.78, 5) is 0. The Hall–Kier alpha value is -0.110. The summed E-state index contributed by atoms with van der Waals surface area (Å²) >= 11 is 0. The van der Waals surface area contributed by atoms with E-state index in [-0.39, 0.29) is 17.9 Å². The molecule has 0 aliphatic heterocycles. The molecule has 0 aromatic carbocycles. The second kappa shape index (κ2) is 6.21. The van der Waals surface area contributed by atoms with Gasteiger partial charge in [0.1, 0.15) is 6.17 Å². The topological polar surface area (TPSA) is 20.2 Å². The number of halogens is 1. The van der Waals surface area contributed by atoms with Crippen molar-refractivity contribution in [3.8, 4) is 0 Å². The zero-order chi connectivity index (χ0) is 18.0. The van der Waals surface area contributed by atoms with Crippen LogP contribution in [0.25, 0.3) is 0 Å². The van der Waals surface area contributed by atoms with Crippen LogP contribution in [0, 0.1) is 52.3 Å². The molecule has 144 valence electrons. The van der Waals surface area contributed by atoms with Gasteiger partial charge in [-0.25, -0.2) is 4.39 Å². The molecule has 0 saturated heterocycles. The average molecular weight is 351 g/mol. The quantitative estimate of drug-likeness (QED) is 0.661. The Morgan fingerprint density at radius 3 is 2.56 bits per heavy atom. The molecule has 0 heterocycles. The maximum absolute atomic E-state index is 15.8. The standard InChI is InChI=1S/C23H39FO/c1-14-11-16-7-5-6-10-22(16,3)19-12-20(24)23(4)17(15(2)13-25)8-9-18(23)21(14)19/h14-21,25H,5-13H2,1-4H3. The molecule has 10 unspecified atom stereocenters.